The van der Waals surface area contributed by atoms with Crippen LogP contribution >= 0.6 is 0 Å². The molecule has 6 nitrogen and oxygen atoms in total. The molecule has 35 heavy (non-hydrogen) atoms. The van der Waals surface area contributed by atoms with Gasteiger partial charge in [-0.1, -0.05) is 25.7 Å². The summed E-state index contributed by atoms with van der Waals surface area (Å²) in [5.41, 5.74) is 4.16. The molecule has 4 rings (SSSR count). The number of hydrogen-bond acceptors (Lipinski definition) is 5. The number of rotatable bonds is 8. The molecule has 1 heterocycles. The van der Waals surface area contributed by atoms with Crippen molar-refractivity contribution in [2.75, 3.05) is 20.8 Å². The third-order valence-electron chi connectivity index (χ3n) is 6.65. The maximum absolute atomic E-state index is 12.9. The summed E-state index contributed by atoms with van der Waals surface area (Å²) in [6, 6.07) is 9.86. The van der Waals surface area contributed by atoms with Crippen LogP contribution in [-0.2, 0) is 4.79 Å². The largest absolute Gasteiger partial charge is 0.497 e. The minimum absolute atomic E-state index is 0.0566. The highest BCUT2D eigenvalue weighted by atomic mass is 16.5. The van der Waals surface area contributed by atoms with Crippen LogP contribution < -0.4 is 19.5 Å². The highest BCUT2D eigenvalue weighted by molar-refractivity contribution is 6.01. The summed E-state index contributed by atoms with van der Waals surface area (Å²) in [6.07, 6.45) is 10.4. The molecule has 1 aliphatic carbocycles. The van der Waals surface area contributed by atoms with Crippen LogP contribution in [-0.4, -0.2) is 32.8 Å². The lowest BCUT2D eigenvalue weighted by atomic mass is 9.98. The van der Waals surface area contributed by atoms with E-state index in [-0.39, 0.29) is 11.9 Å². The molecular formula is C29H35NO5. The lowest BCUT2D eigenvalue weighted by molar-refractivity contribution is -0.117. The number of carbonyl (C=O) groups excluding carboxylic acids is 1. The average Bonchev–Trinajstić information content (AvgIpc) is 3.09. The third kappa shape index (κ3) is 5.64. The molecule has 1 N–H and O–H groups in total. The highest BCUT2D eigenvalue weighted by Crippen LogP contribution is 2.41. The SMILES string of the molecule is CCOc1cc2occ(-c3cc(OC)ccc3OC)c2cc1/C(C)=C/C(=O)NC1CCCCCC1. The van der Waals surface area contributed by atoms with Crippen LogP contribution in [0.4, 0.5) is 0 Å². The van der Waals surface area contributed by atoms with E-state index in [9.17, 15) is 4.79 Å². The van der Waals surface area contributed by atoms with Crippen LogP contribution in [0.3, 0.4) is 0 Å². The molecule has 0 radical (unpaired) electrons. The Bertz CT molecular complexity index is 1200. The Labute approximate surface area is 207 Å². The van der Waals surface area contributed by atoms with Crippen LogP contribution in [0.15, 0.2) is 47.1 Å². The van der Waals surface area contributed by atoms with Gasteiger partial charge in [-0.25, -0.2) is 0 Å². The van der Waals surface area contributed by atoms with Crippen LogP contribution in [0.2, 0.25) is 0 Å². The van der Waals surface area contributed by atoms with Crippen molar-refractivity contribution in [3.05, 3.63) is 48.2 Å². The Morgan fingerprint density at radius 1 is 1.03 bits per heavy atom. The minimum atomic E-state index is -0.0566. The van der Waals surface area contributed by atoms with Crippen LogP contribution in [0.5, 0.6) is 17.2 Å². The fourth-order valence-corrected chi connectivity index (χ4v) is 4.81. The molecule has 1 saturated carbocycles. The van der Waals surface area contributed by atoms with Gasteiger partial charge >= 0.3 is 0 Å². The molecule has 2 aromatic carbocycles. The van der Waals surface area contributed by atoms with Gasteiger partial charge in [-0.15, -0.1) is 0 Å². The molecule has 1 aromatic heterocycles. The van der Waals surface area contributed by atoms with Gasteiger partial charge in [0.2, 0.25) is 5.91 Å². The van der Waals surface area contributed by atoms with Crippen molar-refractivity contribution in [3.63, 3.8) is 0 Å². The average molecular weight is 478 g/mol. The normalized spacial score (nSPS) is 15.0. The molecule has 186 valence electrons. The van der Waals surface area contributed by atoms with E-state index in [4.69, 9.17) is 18.6 Å². The van der Waals surface area contributed by atoms with E-state index in [1.807, 2.05) is 44.2 Å². The lowest BCUT2D eigenvalue weighted by Gasteiger charge is -2.16. The van der Waals surface area contributed by atoms with Gasteiger partial charge in [-0.05, 0) is 56.5 Å². The van der Waals surface area contributed by atoms with Crippen molar-refractivity contribution < 1.29 is 23.4 Å². The summed E-state index contributed by atoms with van der Waals surface area (Å²) < 4.78 is 22.9. The van der Waals surface area contributed by atoms with Crippen molar-refractivity contribution in [3.8, 4) is 28.4 Å². The minimum Gasteiger partial charge on any atom is -0.497 e. The summed E-state index contributed by atoms with van der Waals surface area (Å²) in [5.74, 6) is 2.08. The Hall–Kier alpha value is -3.41. The number of nitrogens with one attached hydrogen (secondary N) is 1. The highest BCUT2D eigenvalue weighted by Gasteiger charge is 2.19. The third-order valence-corrected chi connectivity index (χ3v) is 6.65. The molecule has 0 bridgehead atoms. The van der Waals surface area contributed by atoms with Crippen LogP contribution in [0.25, 0.3) is 27.7 Å². The van der Waals surface area contributed by atoms with Gasteiger partial charge < -0.3 is 23.9 Å². The van der Waals surface area contributed by atoms with Crippen molar-refractivity contribution in [1.29, 1.82) is 0 Å². The Kier molecular flexibility index (Phi) is 8.01. The molecule has 1 amide bonds. The quantitative estimate of drug-likeness (QED) is 0.287. The summed E-state index contributed by atoms with van der Waals surface area (Å²) >= 11 is 0. The number of amides is 1. The zero-order valence-corrected chi connectivity index (χ0v) is 21.1. The predicted molar refractivity (Wildman–Crippen MR) is 139 cm³/mol. The summed E-state index contributed by atoms with van der Waals surface area (Å²) in [4.78, 5) is 12.9. The Balaban J connectivity index is 1.72. The van der Waals surface area contributed by atoms with E-state index in [1.165, 1.54) is 25.7 Å². The molecule has 0 unspecified atom stereocenters. The molecule has 1 aliphatic rings. The number of methoxy groups -OCH3 is 2. The van der Waals surface area contributed by atoms with Gasteiger partial charge in [-0.3, -0.25) is 4.79 Å². The monoisotopic (exact) mass is 477 g/mol. The molecule has 6 heteroatoms. The second-order valence-electron chi connectivity index (χ2n) is 9.02. The van der Waals surface area contributed by atoms with Gasteiger partial charge in [-0.2, -0.15) is 0 Å². The maximum atomic E-state index is 12.9. The topological polar surface area (TPSA) is 69.9 Å². The van der Waals surface area contributed by atoms with Crippen molar-refractivity contribution in [2.24, 2.45) is 0 Å². The molecular weight excluding hydrogens is 442 g/mol. The number of hydrogen-bond donors (Lipinski definition) is 1. The van der Waals surface area contributed by atoms with E-state index < -0.39 is 0 Å². The van der Waals surface area contributed by atoms with Gasteiger partial charge in [0.25, 0.3) is 0 Å². The molecule has 0 aliphatic heterocycles. The first-order chi connectivity index (χ1) is 17.0. The number of fused-ring (bicyclic) bond motifs is 1. The first-order valence-corrected chi connectivity index (χ1v) is 12.4. The zero-order valence-electron chi connectivity index (χ0n) is 21.1. The van der Waals surface area contributed by atoms with E-state index >= 15 is 0 Å². The summed E-state index contributed by atoms with van der Waals surface area (Å²) in [7, 11) is 3.28. The number of furan rings is 1. The number of ether oxygens (including phenoxy) is 3. The zero-order chi connectivity index (χ0) is 24.8. The second kappa shape index (κ2) is 11.3. The smallest absolute Gasteiger partial charge is 0.244 e. The predicted octanol–water partition coefficient (Wildman–Crippen LogP) is 6.76. The Morgan fingerprint density at radius 2 is 1.80 bits per heavy atom. The fourth-order valence-electron chi connectivity index (χ4n) is 4.81. The summed E-state index contributed by atoms with van der Waals surface area (Å²) in [5, 5.41) is 4.11. The molecule has 0 saturated heterocycles. The van der Waals surface area contributed by atoms with Gasteiger partial charge in [0.1, 0.15) is 22.8 Å². The second-order valence-corrected chi connectivity index (χ2v) is 9.02. The first-order valence-electron chi connectivity index (χ1n) is 12.4. The lowest BCUT2D eigenvalue weighted by Crippen LogP contribution is -2.33. The van der Waals surface area contributed by atoms with E-state index in [1.54, 1.807) is 26.6 Å². The number of carbonyl (C=O) groups is 1. The molecule has 0 spiro atoms. The van der Waals surface area contributed by atoms with Crippen LogP contribution in [0, 0.1) is 0 Å². The van der Waals surface area contributed by atoms with Gasteiger partial charge in [0.15, 0.2) is 0 Å². The first kappa shape index (κ1) is 24.7. The van der Waals surface area contributed by atoms with Crippen molar-refractivity contribution in [1.82, 2.24) is 5.32 Å². The standard InChI is InChI=1S/C29H35NO5/c1-5-34-27-17-28-24(25(18-35-28)23-15-21(32-3)12-13-26(23)33-4)16-22(27)19(2)14-29(31)30-20-10-8-6-7-9-11-20/h12-18,20H,5-11H2,1-4H3,(H,30,31)/b19-14+. The molecule has 0 atom stereocenters. The van der Waals surface area contributed by atoms with E-state index in [2.05, 4.69) is 5.32 Å². The molecule has 3 aromatic rings. The summed E-state index contributed by atoms with van der Waals surface area (Å²) in [6.45, 7) is 4.40. The maximum Gasteiger partial charge on any atom is 0.244 e. The van der Waals surface area contributed by atoms with Gasteiger partial charge in [0.05, 0.1) is 27.1 Å². The number of benzene rings is 2. The van der Waals surface area contributed by atoms with Crippen LogP contribution in [0.1, 0.15) is 57.9 Å². The Morgan fingerprint density at radius 3 is 2.49 bits per heavy atom. The van der Waals surface area contributed by atoms with Gasteiger partial charge in [0, 0.05) is 40.3 Å². The van der Waals surface area contributed by atoms with Crippen molar-refractivity contribution >= 4 is 22.4 Å². The van der Waals surface area contributed by atoms with Crippen molar-refractivity contribution in [2.45, 2.75) is 58.4 Å². The fraction of sp³-hybridized carbons (Fsp3) is 0.414. The molecule has 1 fully saturated rings. The van der Waals surface area contributed by atoms with E-state index in [0.717, 1.165) is 52.0 Å². The van der Waals surface area contributed by atoms with E-state index in [0.29, 0.717) is 17.9 Å². The number of allylic oxidation sites excluding steroid dienone is 1.